The molecule has 53 valence electrons. The minimum absolute atomic E-state index is 0.910. The Bertz CT molecular complexity index is 63.0. The van der Waals surface area contributed by atoms with Crippen molar-refractivity contribution >= 4 is 0 Å². The lowest BCUT2D eigenvalue weighted by atomic mass is 10.0. The van der Waals surface area contributed by atoms with Gasteiger partial charge in [0.1, 0.15) is 0 Å². The monoisotopic (exact) mass is 126 g/mol. The maximum atomic E-state index is 4.42. The van der Waals surface area contributed by atoms with E-state index in [0.717, 1.165) is 19.0 Å². The van der Waals surface area contributed by atoms with Gasteiger partial charge in [0.05, 0.1) is 0 Å². The van der Waals surface area contributed by atoms with Crippen molar-refractivity contribution < 1.29 is 0 Å². The molecule has 1 radical (unpaired) electrons. The molecule has 1 heterocycles. The Labute approximate surface area is 57.8 Å². The van der Waals surface area contributed by atoms with E-state index in [1.165, 1.54) is 25.7 Å². The Kier molecular flexibility index (Phi) is 3.05. The average Bonchev–Trinajstić information content (AvgIpc) is 2.13. The molecule has 1 fully saturated rings. The summed E-state index contributed by atoms with van der Waals surface area (Å²) in [6.07, 6.45) is 5.47. The second-order valence-corrected chi connectivity index (χ2v) is 2.90. The van der Waals surface area contributed by atoms with Crippen LogP contribution in [0.4, 0.5) is 0 Å². The Morgan fingerprint density at radius 2 is 2.33 bits per heavy atom. The Morgan fingerprint density at radius 3 is 3.11 bits per heavy atom. The first-order valence-corrected chi connectivity index (χ1v) is 4.06. The predicted molar refractivity (Wildman–Crippen MR) is 39.5 cm³/mol. The third kappa shape index (κ3) is 2.35. The molecule has 1 atom stereocenters. The topological polar surface area (TPSA) is 14.1 Å². The smallest absolute Gasteiger partial charge is 0.0161 e. The molecule has 0 aromatic heterocycles. The molecule has 1 aliphatic heterocycles. The van der Waals surface area contributed by atoms with Gasteiger partial charge in [-0.25, -0.2) is 5.32 Å². The predicted octanol–water partition coefficient (Wildman–Crippen LogP) is 1.80. The van der Waals surface area contributed by atoms with Crippen LogP contribution in [-0.4, -0.2) is 13.1 Å². The fourth-order valence-corrected chi connectivity index (χ4v) is 1.35. The summed E-state index contributed by atoms with van der Waals surface area (Å²) < 4.78 is 0. The summed E-state index contributed by atoms with van der Waals surface area (Å²) in [5.74, 6) is 0.910. The zero-order valence-corrected chi connectivity index (χ0v) is 6.27. The standard InChI is InChI=1S/C8H16N/c1-2-8-5-3-4-6-9-7-8/h8H,2-7H2,1H3. The third-order valence-corrected chi connectivity index (χ3v) is 2.14. The molecule has 1 aliphatic rings. The quantitative estimate of drug-likeness (QED) is 0.508. The van der Waals surface area contributed by atoms with Crippen LogP contribution in [0.3, 0.4) is 0 Å². The third-order valence-electron chi connectivity index (χ3n) is 2.14. The minimum Gasteiger partial charge on any atom is -0.242 e. The first-order chi connectivity index (χ1) is 4.43. The van der Waals surface area contributed by atoms with Gasteiger partial charge in [0.15, 0.2) is 0 Å². The Morgan fingerprint density at radius 1 is 1.44 bits per heavy atom. The van der Waals surface area contributed by atoms with Crippen LogP contribution >= 0.6 is 0 Å². The van der Waals surface area contributed by atoms with Crippen LogP contribution in [0.15, 0.2) is 0 Å². The number of hydrogen-bond donors (Lipinski definition) is 0. The van der Waals surface area contributed by atoms with E-state index in [-0.39, 0.29) is 0 Å². The van der Waals surface area contributed by atoms with E-state index < -0.39 is 0 Å². The molecule has 0 aromatic carbocycles. The van der Waals surface area contributed by atoms with Gasteiger partial charge in [0.25, 0.3) is 0 Å². The van der Waals surface area contributed by atoms with Crippen molar-refractivity contribution in [3.63, 3.8) is 0 Å². The molecule has 1 unspecified atom stereocenters. The maximum Gasteiger partial charge on any atom is 0.0161 e. The summed E-state index contributed by atoms with van der Waals surface area (Å²) in [4.78, 5) is 0. The molecule has 0 saturated carbocycles. The van der Waals surface area contributed by atoms with E-state index in [9.17, 15) is 0 Å². The van der Waals surface area contributed by atoms with Crippen molar-refractivity contribution in [2.45, 2.75) is 32.6 Å². The van der Waals surface area contributed by atoms with Crippen LogP contribution in [0.1, 0.15) is 32.6 Å². The average molecular weight is 126 g/mol. The number of hydrogen-bond acceptors (Lipinski definition) is 0. The van der Waals surface area contributed by atoms with Gasteiger partial charge in [-0.15, -0.1) is 0 Å². The van der Waals surface area contributed by atoms with Gasteiger partial charge in [-0.1, -0.05) is 19.8 Å². The number of rotatable bonds is 1. The highest BCUT2D eigenvalue weighted by Gasteiger charge is 2.08. The summed E-state index contributed by atoms with van der Waals surface area (Å²) in [6, 6.07) is 0. The second-order valence-electron chi connectivity index (χ2n) is 2.90. The zero-order valence-electron chi connectivity index (χ0n) is 6.27. The molecule has 1 rings (SSSR count). The summed E-state index contributed by atoms with van der Waals surface area (Å²) in [5, 5.41) is 4.42. The van der Waals surface area contributed by atoms with Crippen molar-refractivity contribution in [3.05, 3.63) is 0 Å². The molecule has 0 spiro atoms. The summed E-state index contributed by atoms with van der Waals surface area (Å²) in [6.45, 7) is 4.53. The van der Waals surface area contributed by atoms with Gasteiger partial charge in [0.2, 0.25) is 0 Å². The molecular weight excluding hydrogens is 110 g/mol. The summed E-state index contributed by atoms with van der Waals surface area (Å²) in [7, 11) is 0. The van der Waals surface area contributed by atoms with Gasteiger partial charge in [-0.3, -0.25) is 0 Å². The van der Waals surface area contributed by atoms with E-state index in [4.69, 9.17) is 0 Å². The Balaban J connectivity index is 2.18. The molecule has 0 aromatic rings. The van der Waals surface area contributed by atoms with Gasteiger partial charge in [0, 0.05) is 13.1 Å². The second kappa shape index (κ2) is 3.89. The molecule has 0 amide bonds. The molecule has 0 N–H and O–H groups in total. The zero-order chi connectivity index (χ0) is 6.53. The molecule has 1 saturated heterocycles. The summed E-state index contributed by atoms with van der Waals surface area (Å²) >= 11 is 0. The summed E-state index contributed by atoms with van der Waals surface area (Å²) in [5.41, 5.74) is 0. The molecule has 0 bridgehead atoms. The number of nitrogens with zero attached hydrogens (tertiary/aromatic N) is 1. The van der Waals surface area contributed by atoms with Crippen LogP contribution in [0.25, 0.3) is 0 Å². The van der Waals surface area contributed by atoms with Crippen LogP contribution in [-0.2, 0) is 0 Å². The van der Waals surface area contributed by atoms with Crippen LogP contribution in [0.2, 0.25) is 0 Å². The normalized spacial score (nSPS) is 29.7. The van der Waals surface area contributed by atoms with E-state index in [0.29, 0.717) is 0 Å². The SMILES string of the molecule is CCC1CCCC[N]C1. The highest BCUT2D eigenvalue weighted by molar-refractivity contribution is 4.64. The van der Waals surface area contributed by atoms with Gasteiger partial charge in [-0.05, 0) is 18.8 Å². The highest BCUT2D eigenvalue weighted by atomic mass is 14.9. The highest BCUT2D eigenvalue weighted by Crippen LogP contribution is 2.14. The van der Waals surface area contributed by atoms with Crippen LogP contribution < -0.4 is 5.32 Å². The molecular formula is C8H16N. The molecule has 9 heavy (non-hydrogen) atoms. The van der Waals surface area contributed by atoms with Crippen molar-refractivity contribution in [2.75, 3.05) is 13.1 Å². The fraction of sp³-hybridized carbons (Fsp3) is 1.00. The van der Waals surface area contributed by atoms with Crippen LogP contribution in [0, 0.1) is 5.92 Å². The molecule has 1 heteroatoms. The maximum absolute atomic E-state index is 4.42. The van der Waals surface area contributed by atoms with Gasteiger partial charge >= 0.3 is 0 Å². The van der Waals surface area contributed by atoms with Crippen LogP contribution in [0.5, 0.6) is 0 Å². The first-order valence-electron chi connectivity index (χ1n) is 4.06. The van der Waals surface area contributed by atoms with Crippen molar-refractivity contribution in [3.8, 4) is 0 Å². The van der Waals surface area contributed by atoms with Gasteiger partial charge in [-0.2, -0.15) is 0 Å². The van der Waals surface area contributed by atoms with Crippen molar-refractivity contribution in [1.29, 1.82) is 0 Å². The lowest BCUT2D eigenvalue weighted by Crippen LogP contribution is -2.12. The van der Waals surface area contributed by atoms with Crippen molar-refractivity contribution in [1.82, 2.24) is 5.32 Å². The van der Waals surface area contributed by atoms with E-state index in [1.807, 2.05) is 0 Å². The molecule has 1 nitrogen and oxygen atoms in total. The van der Waals surface area contributed by atoms with Gasteiger partial charge < -0.3 is 0 Å². The van der Waals surface area contributed by atoms with E-state index in [2.05, 4.69) is 12.2 Å². The first kappa shape index (κ1) is 7.07. The van der Waals surface area contributed by atoms with E-state index >= 15 is 0 Å². The lowest BCUT2D eigenvalue weighted by molar-refractivity contribution is 0.462. The molecule has 0 aliphatic carbocycles. The minimum atomic E-state index is 0.910. The fourth-order valence-electron chi connectivity index (χ4n) is 1.35. The lowest BCUT2D eigenvalue weighted by Gasteiger charge is -2.08. The largest absolute Gasteiger partial charge is 0.242 e. The van der Waals surface area contributed by atoms with Crippen molar-refractivity contribution in [2.24, 2.45) is 5.92 Å². The van der Waals surface area contributed by atoms with E-state index in [1.54, 1.807) is 0 Å². The Hall–Kier alpha value is -0.0400.